The van der Waals surface area contributed by atoms with Gasteiger partial charge in [0.1, 0.15) is 11.6 Å². The molecule has 0 unspecified atom stereocenters. The first-order chi connectivity index (χ1) is 8.44. The minimum atomic E-state index is -3.92. The Balaban J connectivity index is 3.42. The van der Waals surface area contributed by atoms with Crippen LogP contribution in [0.2, 0.25) is 0 Å². The fraction of sp³-hybridized carbons (Fsp3) is 0.333. The van der Waals surface area contributed by atoms with E-state index >= 15 is 0 Å². The summed E-state index contributed by atoms with van der Waals surface area (Å²) in [5.74, 6) is -0.232. The Morgan fingerprint density at radius 3 is 2.72 bits per heavy atom. The third-order valence-electron chi connectivity index (χ3n) is 2.03. The topological polar surface area (TPSA) is 114 Å². The number of aromatic nitrogens is 1. The van der Waals surface area contributed by atoms with Crippen LogP contribution in [-0.2, 0) is 9.84 Å². The zero-order valence-electron chi connectivity index (χ0n) is 9.04. The highest BCUT2D eigenvalue weighted by atomic mass is 35.5. The molecule has 0 spiro atoms. The van der Waals surface area contributed by atoms with Crippen LogP contribution in [0.25, 0.3) is 0 Å². The van der Waals surface area contributed by atoms with Crippen molar-refractivity contribution in [2.45, 2.75) is 11.4 Å². The van der Waals surface area contributed by atoms with Crippen molar-refractivity contribution in [3.8, 4) is 6.07 Å². The number of sulfone groups is 1. The van der Waals surface area contributed by atoms with E-state index in [1.165, 1.54) is 0 Å². The zero-order valence-corrected chi connectivity index (χ0v) is 10.6. The molecule has 0 radical (unpaired) electrons. The average Bonchev–Trinajstić information content (AvgIpc) is 2.35. The number of nitriles is 1. The number of nitrogens with zero attached hydrogens (tertiary/aromatic N) is 3. The summed E-state index contributed by atoms with van der Waals surface area (Å²) in [4.78, 5) is 13.4. The number of hydrogen-bond acceptors (Lipinski definition) is 6. The SMILES string of the molecule is N#Cc1ccnc(S(=O)(=O)CCCCl)c1[N+](=O)[O-]. The van der Waals surface area contributed by atoms with Gasteiger partial charge in [-0.1, -0.05) is 0 Å². The highest BCUT2D eigenvalue weighted by Gasteiger charge is 2.30. The molecular formula is C9H8ClN3O4S. The van der Waals surface area contributed by atoms with Crippen molar-refractivity contribution in [3.63, 3.8) is 0 Å². The summed E-state index contributed by atoms with van der Waals surface area (Å²) in [7, 11) is -3.92. The number of hydrogen-bond donors (Lipinski definition) is 0. The summed E-state index contributed by atoms with van der Waals surface area (Å²) in [6.45, 7) is 0. The van der Waals surface area contributed by atoms with Gasteiger partial charge in [0.25, 0.3) is 0 Å². The fourth-order valence-electron chi connectivity index (χ4n) is 1.27. The predicted molar refractivity (Wildman–Crippen MR) is 63.0 cm³/mol. The molecule has 96 valence electrons. The quantitative estimate of drug-likeness (QED) is 0.458. The minimum Gasteiger partial charge on any atom is -0.258 e. The lowest BCUT2D eigenvalue weighted by Gasteiger charge is -2.03. The Hall–Kier alpha value is -1.72. The Bertz CT molecular complexity index is 609. The van der Waals surface area contributed by atoms with E-state index in [0.717, 1.165) is 12.3 Å². The smallest absolute Gasteiger partial charge is 0.258 e. The van der Waals surface area contributed by atoms with Crippen LogP contribution in [0.3, 0.4) is 0 Å². The first-order valence-corrected chi connectivity index (χ1v) is 6.95. The van der Waals surface area contributed by atoms with Gasteiger partial charge in [-0.05, 0) is 12.5 Å². The Kier molecular flexibility index (Phi) is 4.58. The molecule has 0 atom stereocenters. The van der Waals surface area contributed by atoms with Crippen LogP contribution in [0.15, 0.2) is 17.3 Å². The van der Waals surface area contributed by atoms with E-state index in [-0.39, 0.29) is 23.6 Å². The van der Waals surface area contributed by atoms with E-state index in [9.17, 15) is 18.5 Å². The average molecular weight is 290 g/mol. The van der Waals surface area contributed by atoms with Crippen molar-refractivity contribution in [2.75, 3.05) is 11.6 Å². The van der Waals surface area contributed by atoms with Crippen molar-refractivity contribution >= 4 is 27.1 Å². The number of pyridine rings is 1. The van der Waals surface area contributed by atoms with Gasteiger partial charge < -0.3 is 0 Å². The first kappa shape index (κ1) is 14.3. The van der Waals surface area contributed by atoms with E-state index in [4.69, 9.17) is 16.9 Å². The van der Waals surface area contributed by atoms with Gasteiger partial charge in [-0.15, -0.1) is 11.6 Å². The standard InChI is InChI=1S/C9H8ClN3O4S/c10-3-1-5-18(16,17)9-8(13(14)15)7(6-11)2-4-12-9/h2,4H,1,3,5H2. The molecule has 1 heterocycles. The van der Waals surface area contributed by atoms with Crippen LogP contribution >= 0.6 is 11.6 Å². The molecule has 0 fully saturated rings. The first-order valence-electron chi connectivity index (χ1n) is 4.76. The second kappa shape index (κ2) is 5.75. The van der Waals surface area contributed by atoms with Crippen LogP contribution in [0, 0.1) is 21.4 Å². The maximum absolute atomic E-state index is 11.8. The predicted octanol–water partition coefficient (Wildman–Crippen LogP) is 1.26. The van der Waals surface area contributed by atoms with Crippen molar-refractivity contribution in [1.29, 1.82) is 5.26 Å². The lowest BCUT2D eigenvalue weighted by molar-refractivity contribution is -0.388. The third-order valence-corrected chi connectivity index (χ3v) is 4.02. The maximum Gasteiger partial charge on any atom is 0.324 e. The van der Waals surface area contributed by atoms with Gasteiger partial charge in [0, 0.05) is 12.1 Å². The summed E-state index contributed by atoms with van der Waals surface area (Å²) in [5, 5.41) is 18.9. The molecular weight excluding hydrogens is 282 g/mol. The molecule has 9 heteroatoms. The van der Waals surface area contributed by atoms with Crippen LogP contribution in [0.4, 0.5) is 5.69 Å². The van der Waals surface area contributed by atoms with Crippen LogP contribution in [0.5, 0.6) is 0 Å². The monoisotopic (exact) mass is 289 g/mol. The van der Waals surface area contributed by atoms with E-state index in [2.05, 4.69) is 4.98 Å². The molecule has 1 aromatic heterocycles. The van der Waals surface area contributed by atoms with Crippen molar-refractivity contribution in [1.82, 2.24) is 4.98 Å². The molecule has 1 aromatic rings. The second-order valence-electron chi connectivity index (χ2n) is 3.24. The Labute approximate surface area is 108 Å². The van der Waals surface area contributed by atoms with E-state index < -0.39 is 25.5 Å². The number of alkyl halides is 1. The molecule has 0 aliphatic heterocycles. The van der Waals surface area contributed by atoms with Gasteiger partial charge >= 0.3 is 5.69 Å². The van der Waals surface area contributed by atoms with Gasteiger partial charge in [-0.25, -0.2) is 13.4 Å². The molecule has 0 saturated heterocycles. The van der Waals surface area contributed by atoms with Gasteiger partial charge in [0.05, 0.1) is 10.7 Å². The van der Waals surface area contributed by atoms with Gasteiger partial charge in [-0.3, -0.25) is 10.1 Å². The van der Waals surface area contributed by atoms with Gasteiger partial charge in [0.15, 0.2) is 0 Å². The molecule has 0 aliphatic rings. The number of rotatable bonds is 5. The number of nitro groups is 1. The molecule has 0 saturated carbocycles. The second-order valence-corrected chi connectivity index (χ2v) is 5.64. The molecule has 7 nitrogen and oxygen atoms in total. The third kappa shape index (κ3) is 2.94. The molecule has 0 amide bonds. The Morgan fingerprint density at radius 1 is 1.56 bits per heavy atom. The van der Waals surface area contributed by atoms with Gasteiger partial charge in [-0.2, -0.15) is 5.26 Å². The van der Waals surface area contributed by atoms with Crippen LogP contribution < -0.4 is 0 Å². The lowest BCUT2D eigenvalue weighted by Crippen LogP contribution is -2.12. The van der Waals surface area contributed by atoms with E-state index in [1.807, 2.05) is 0 Å². The lowest BCUT2D eigenvalue weighted by atomic mass is 10.2. The summed E-state index contributed by atoms with van der Waals surface area (Å²) in [6.07, 6.45) is 1.21. The fourth-order valence-corrected chi connectivity index (χ4v) is 2.98. The molecule has 0 aromatic carbocycles. The summed E-state index contributed by atoms with van der Waals surface area (Å²) >= 11 is 5.38. The molecule has 18 heavy (non-hydrogen) atoms. The highest BCUT2D eigenvalue weighted by molar-refractivity contribution is 7.91. The van der Waals surface area contributed by atoms with Crippen LogP contribution in [-0.4, -0.2) is 30.0 Å². The van der Waals surface area contributed by atoms with Crippen molar-refractivity contribution < 1.29 is 13.3 Å². The summed E-state index contributed by atoms with van der Waals surface area (Å²) in [6, 6.07) is 2.67. The molecule has 0 N–H and O–H groups in total. The summed E-state index contributed by atoms with van der Waals surface area (Å²) in [5.41, 5.74) is -1.12. The van der Waals surface area contributed by atoms with Crippen molar-refractivity contribution in [2.24, 2.45) is 0 Å². The van der Waals surface area contributed by atoms with E-state index in [0.29, 0.717) is 0 Å². The van der Waals surface area contributed by atoms with Gasteiger partial charge in [0.2, 0.25) is 14.9 Å². The normalized spacial score (nSPS) is 10.9. The molecule has 0 bridgehead atoms. The number of halogens is 1. The van der Waals surface area contributed by atoms with Crippen LogP contribution in [0.1, 0.15) is 12.0 Å². The Morgan fingerprint density at radius 2 is 2.22 bits per heavy atom. The summed E-state index contributed by atoms with van der Waals surface area (Å²) < 4.78 is 23.7. The zero-order chi connectivity index (χ0) is 13.8. The molecule has 0 aliphatic carbocycles. The highest BCUT2D eigenvalue weighted by Crippen LogP contribution is 2.26. The largest absolute Gasteiger partial charge is 0.324 e. The van der Waals surface area contributed by atoms with Crippen molar-refractivity contribution in [3.05, 3.63) is 27.9 Å². The maximum atomic E-state index is 11.8. The van der Waals surface area contributed by atoms with E-state index in [1.54, 1.807) is 6.07 Å². The minimum absolute atomic E-state index is 0.116. The molecule has 1 rings (SSSR count).